The van der Waals surface area contributed by atoms with Gasteiger partial charge in [0, 0.05) is 12.3 Å². The molecule has 0 bridgehead atoms. The summed E-state index contributed by atoms with van der Waals surface area (Å²) >= 11 is 0. The number of hydrogen-bond donors (Lipinski definition) is 0. The predicted octanol–water partition coefficient (Wildman–Crippen LogP) is 9.37. The number of hydrogen-bond acceptors (Lipinski definition) is 3. The molecule has 5 rings (SSSR count). The van der Waals surface area contributed by atoms with Gasteiger partial charge >= 0.3 is 5.97 Å². The smallest absolute Gasteiger partial charge is 0.302 e. The van der Waals surface area contributed by atoms with E-state index >= 15 is 0 Å². The van der Waals surface area contributed by atoms with E-state index in [0.717, 1.165) is 18.3 Å². The fraction of sp³-hybridized carbons (Fsp3) is 0.971. The van der Waals surface area contributed by atoms with Crippen molar-refractivity contribution in [3.8, 4) is 0 Å². The van der Waals surface area contributed by atoms with E-state index in [1.807, 2.05) is 0 Å². The Morgan fingerprint density at radius 3 is 2.08 bits per heavy atom. The van der Waals surface area contributed by atoms with Crippen LogP contribution in [0.1, 0.15) is 147 Å². The Kier molecular flexibility index (Phi) is 6.64. The van der Waals surface area contributed by atoms with Crippen LogP contribution in [0.15, 0.2) is 0 Å². The molecule has 3 heteroatoms. The van der Waals surface area contributed by atoms with E-state index in [1.165, 1.54) is 64.2 Å². The van der Waals surface area contributed by atoms with Crippen LogP contribution in [0, 0.1) is 50.7 Å². The molecule has 218 valence electrons. The van der Waals surface area contributed by atoms with Crippen LogP contribution in [0.2, 0.25) is 0 Å². The third kappa shape index (κ3) is 3.71. The fourth-order valence-electron chi connectivity index (χ4n) is 12.1. The molecule has 10 atom stereocenters. The van der Waals surface area contributed by atoms with Crippen molar-refractivity contribution in [2.45, 2.75) is 164 Å². The average molecular weight is 529 g/mol. The second-order valence-electron chi connectivity index (χ2n) is 17.2. The van der Waals surface area contributed by atoms with Crippen LogP contribution in [0.5, 0.6) is 0 Å². The molecule has 5 fully saturated rings. The summed E-state index contributed by atoms with van der Waals surface area (Å²) in [5.41, 5.74) is 1.33. The second kappa shape index (κ2) is 8.72. The first kappa shape index (κ1) is 28.9. The summed E-state index contributed by atoms with van der Waals surface area (Å²) in [5.74, 6) is 2.72. The monoisotopic (exact) mass is 528 g/mol. The largest absolute Gasteiger partial charge is 0.462 e. The average Bonchev–Trinajstić information content (AvgIpc) is 3.35. The lowest BCUT2D eigenvalue weighted by molar-refractivity contribution is -0.233. The maximum atomic E-state index is 11.9. The van der Waals surface area contributed by atoms with Crippen molar-refractivity contribution in [3.05, 3.63) is 0 Å². The summed E-state index contributed by atoms with van der Waals surface area (Å²) in [6.07, 6.45) is 13.9. The normalized spacial score (nSPS) is 52.1. The van der Waals surface area contributed by atoms with Crippen LogP contribution in [-0.2, 0) is 14.3 Å². The number of carbonyl (C=O) groups excluding carboxylic acids is 1. The third-order valence-corrected chi connectivity index (χ3v) is 15.3. The lowest BCUT2D eigenvalue weighted by Crippen LogP contribution is -2.64. The van der Waals surface area contributed by atoms with E-state index in [4.69, 9.17) is 9.47 Å². The molecule has 10 unspecified atom stereocenters. The van der Waals surface area contributed by atoms with Gasteiger partial charge < -0.3 is 9.47 Å². The molecule has 0 amide bonds. The number of fused-ring (bicyclic) bond motifs is 5. The van der Waals surface area contributed by atoms with Gasteiger partial charge in [-0.05, 0) is 130 Å². The molecule has 0 aromatic rings. The number of ether oxygens (including phenoxy) is 2. The van der Waals surface area contributed by atoms with Crippen molar-refractivity contribution in [2.24, 2.45) is 50.7 Å². The highest BCUT2D eigenvalue weighted by molar-refractivity contribution is 5.66. The van der Waals surface area contributed by atoms with Crippen molar-refractivity contribution >= 4 is 5.97 Å². The first-order chi connectivity index (χ1) is 17.4. The molecule has 0 radical (unpaired) electrons. The van der Waals surface area contributed by atoms with Crippen molar-refractivity contribution in [1.82, 2.24) is 0 Å². The van der Waals surface area contributed by atoms with E-state index in [0.29, 0.717) is 28.1 Å². The summed E-state index contributed by atoms with van der Waals surface area (Å²) < 4.78 is 13.2. The molecule has 0 spiro atoms. The molecule has 38 heavy (non-hydrogen) atoms. The highest BCUT2D eigenvalue weighted by atomic mass is 16.5. The van der Waals surface area contributed by atoms with Gasteiger partial charge in [0.2, 0.25) is 0 Å². The van der Waals surface area contributed by atoms with Crippen molar-refractivity contribution in [2.75, 3.05) is 0 Å². The summed E-state index contributed by atoms with van der Waals surface area (Å²) in [6, 6.07) is 0. The van der Waals surface area contributed by atoms with Crippen molar-refractivity contribution in [1.29, 1.82) is 0 Å². The van der Waals surface area contributed by atoms with Crippen molar-refractivity contribution < 1.29 is 14.3 Å². The minimum Gasteiger partial charge on any atom is -0.462 e. The van der Waals surface area contributed by atoms with Gasteiger partial charge in [-0.1, -0.05) is 55.4 Å². The van der Waals surface area contributed by atoms with Crippen LogP contribution in [0.25, 0.3) is 0 Å². The molecule has 0 aromatic heterocycles. The maximum absolute atomic E-state index is 11.9. The first-order valence-electron chi connectivity index (χ1n) is 16.3. The fourth-order valence-corrected chi connectivity index (χ4v) is 12.1. The number of rotatable bonds is 4. The van der Waals surface area contributed by atoms with Crippen LogP contribution >= 0.6 is 0 Å². The standard InChI is InChI=1S/C35H60O3/c1-12-29(3,4)35(11)22-21-34(10,38-35)25-15-19-32(8)24(25)13-14-27-31(7)18-17-28(37-23(2)36)30(5,6)26(31)16-20-33(27,32)9/h24-28H,12-22H2,1-11H3. The Balaban J connectivity index is 1.42. The van der Waals surface area contributed by atoms with Gasteiger partial charge in [-0.15, -0.1) is 0 Å². The van der Waals surface area contributed by atoms with Crippen molar-refractivity contribution in [3.63, 3.8) is 0 Å². The summed E-state index contributed by atoms with van der Waals surface area (Å²) in [4.78, 5) is 11.9. The topological polar surface area (TPSA) is 35.5 Å². The van der Waals surface area contributed by atoms with E-state index in [1.54, 1.807) is 6.92 Å². The zero-order chi connectivity index (χ0) is 28.2. The second-order valence-corrected chi connectivity index (χ2v) is 17.2. The van der Waals surface area contributed by atoms with Crippen LogP contribution in [0.4, 0.5) is 0 Å². The van der Waals surface area contributed by atoms with Gasteiger partial charge in [-0.2, -0.15) is 0 Å². The van der Waals surface area contributed by atoms with Gasteiger partial charge in [0.1, 0.15) is 6.10 Å². The van der Waals surface area contributed by atoms with E-state index in [-0.39, 0.29) is 34.1 Å². The zero-order valence-corrected chi connectivity index (χ0v) is 26.9. The molecule has 1 heterocycles. The Morgan fingerprint density at radius 1 is 0.789 bits per heavy atom. The van der Waals surface area contributed by atoms with Crippen LogP contribution in [-0.4, -0.2) is 23.3 Å². The van der Waals surface area contributed by atoms with Crippen LogP contribution in [0.3, 0.4) is 0 Å². The molecule has 4 aliphatic carbocycles. The maximum Gasteiger partial charge on any atom is 0.302 e. The number of carbonyl (C=O) groups is 1. The molecule has 5 aliphatic rings. The molecule has 1 aliphatic heterocycles. The zero-order valence-electron chi connectivity index (χ0n) is 26.9. The minimum absolute atomic E-state index is 0.0119. The molecular formula is C35H60O3. The van der Waals surface area contributed by atoms with E-state index in [9.17, 15) is 4.79 Å². The molecule has 0 aromatic carbocycles. The molecular weight excluding hydrogens is 468 g/mol. The molecule has 4 saturated carbocycles. The Labute approximate surface area is 235 Å². The lowest BCUT2D eigenvalue weighted by Gasteiger charge is -2.70. The number of esters is 1. The van der Waals surface area contributed by atoms with E-state index < -0.39 is 0 Å². The van der Waals surface area contributed by atoms with E-state index in [2.05, 4.69) is 69.2 Å². The molecule has 3 nitrogen and oxygen atoms in total. The minimum atomic E-state index is -0.113. The SMILES string of the molecule is CCC(C)(C)C1(C)CCC(C)(C2CCC3(C)C2CCC2C4(C)CCC(OC(C)=O)C(C)(C)C4CCC23C)O1. The Morgan fingerprint density at radius 2 is 1.45 bits per heavy atom. The lowest BCUT2D eigenvalue weighted by atomic mass is 9.35. The van der Waals surface area contributed by atoms with Crippen LogP contribution < -0.4 is 0 Å². The Bertz CT molecular complexity index is 953. The summed E-state index contributed by atoms with van der Waals surface area (Å²) in [6.45, 7) is 26.5. The Hall–Kier alpha value is -0.570. The highest BCUT2D eigenvalue weighted by Crippen LogP contribution is 2.76. The third-order valence-electron chi connectivity index (χ3n) is 15.3. The summed E-state index contributed by atoms with van der Waals surface area (Å²) in [7, 11) is 0. The highest BCUT2D eigenvalue weighted by Gasteiger charge is 2.70. The molecule has 1 saturated heterocycles. The first-order valence-corrected chi connectivity index (χ1v) is 16.3. The van der Waals surface area contributed by atoms with Gasteiger partial charge in [-0.25, -0.2) is 0 Å². The van der Waals surface area contributed by atoms with Gasteiger partial charge in [0.25, 0.3) is 0 Å². The van der Waals surface area contributed by atoms with Gasteiger partial charge in [-0.3, -0.25) is 4.79 Å². The predicted molar refractivity (Wildman–Crippen MR) is 156 cm³/mol. The van der Waals surface area contributed by atoms with Gasteiger partial charge in [0.05, 0.1) is 11.2 Å². The summed E-state index contributed by atoms with van der Waals surface area (Å²) in [5, 5.41) is 0. The van der Waals surface area contributed by atoms with Gasteiger partial charge in [0.15, 0.2) is 0 Å². The quantitative estimate of drug-likeness (QED) is 0.341. The molecule has 0 N–H and O–H groups in total.